The van der Waals surface area contributed by atoms with E-state index in [0.717, 1.165) is 0 Å². The maximum atomic E-state index is 0. The Hall–Kier alpha value is 0.703. The molecule has 0 bridgehead atoms. The first-order valence-electron chi connectivity index (χ1n) is 0. The molecule has 0 aliphatic heterocycles. The number of halogens is 5. The van der Waals surface area contributed by atoms with Gasteiger partial charge in [-0.1, -0.05) is 0 Å². The van der Waals surface area contributed by atoms with Gasteiger partial charge in [-0.2, -0.15) is 9.90 Å². The van der Waals surface area contributed by atoms with Crippen LogP contribution in [0.4, 0.5) is 14.1 Å². The van der Waals surface area contributed by atoms with E-state index in [1.807, 2.05) is 0 Å². The smallest absolute Gasteiger partial charge is 1.00 e. The van der Waals surface area contributed by atoms with Crippen LogP contribution < -0.4 is 9.41 Å². The average molecular weight is 197 g/mol. The first-order chi connectivity index (χ1) is 0. The van der Waals surface area contributed by atoms with E-state index in [-0.39, 0.29) is 52.9 Å². The van der Waals surface area contributed by atoms with Crippen molar-refractivity contribution in [2.45, 2.75) is 0 Å². The molecule has 7 heteroatoms. The van der Waals surface area contributed by atoms with Gasteiger partial charge in [-0.3, -0.25) is 14.1 Å². The molecule has 0 fully saturated rings. The molecule has 0 saturated heterocycles. The molecule has 1 unspecified atom stereocenters. The van der Waals surface area contributed by atoms with E-state index in [1.54, 1.807) is 0 Å². The van der Waals surface area contributed by atoms with Crippen molar-refractivity contribution in [2.24, 2.45) is 0 Å². The van der Waals surface area contributed by atoms with Crippen LogP contribution in [0.3, 0.4) is 0 Å². The van der Waals surface area contributed by atoms with Crippen molar-refractivity contribution in [3.05, 3.63) is 0 Å². The third-order valence-corrected chi connectivity index (χ3v) is 0. The van der Waals surface area contributed by atoms with Crippen LogP contribution in [0.15, 0.2) is 0 Å². The van der Waals surface area contributed by atoms with Gasteiger partial charge in [0.1, 0.15) is 0 Å². The van der Waals surface area contributed by atoms with Crippen LogP contribution in [-0.4, -0.2) is 0 Å². The summed E-state index contributed by atoms with van der Waals surface area (Å²) in [5.74, 6) is 0. The van der Waals surface area contributed by atoms with Crippen LogP contribution in [0.5, 0.6) is 0 Å². The number of hydrogen-bond acceptors (Lipinski definition) is 0. The number of hydrogen-bond donors (Lipinski definition) is 0. The number of rotatable bonds is 0. The van der Waals surface area contributed by atoms with E-state index in [0.29, 0.717) is 0 Å². The van der Waals surface area contributed by atoms with Gasteiger partial charge in [0.15, 0.2) is 0 Å². The van der Waals surface area contributed by atoms with Crippen LogP contribution in [0.1, 0.15) is 0 Å². The zero-order valence-electron chi connectivity index (χ0n) is 3.39. The molecule has 7 heavy (non-hydrogen) atoms. The molecule has 0 aromatic carbocycles. The van der Waals surface area contributed by atoms with E-state index in [9.17, 15) is 0 Å². The predicted molar refractivity (Wildman–Crippen MR) is 18.6 cm³/mol. The molecule has 0 heterocycles. The summed E-state index contributed by atoms with van der Waals surface area (Å²) in [6.45, 7) is 0. The normalized spacial score (nSPS) is 0. The largest absolute Gasteiger partial charge is 2.00 e. The fourth-order valence-electron chi connectivity index (χ4n) is 0. The summed E-state index contributed by atoms with van der Waals surface area (Å²) in [4.78, 5) is 0. The van der Waals surface area contributed by atoms with E-state index in [4.69, 9.17) is 0 Å². The molecule has 0 spiro atoms. The molecule has 48 valence electrons. The summed E-state index contributed by atoms with van der Waals surface area (Å²) in [5.41, 5.74) is 0. The molecule has 0 saturated carbocycles. The van der Waals surface area contributed by atoms with Gasteiger partial charge >= 0.3 is 19.5 Å². The summed E-state index contributed by atoms with van der Waals surface area (Å²) in [6.07, 6.45) is 0. The van der Waals surface area contributed by atoms with Crippen molar-refractivity contribution in [2.75, 3.05) is 0 Å². The van der Waals surface area contributed by atoms with E-state index >= 15 is 0 Å². The minimum absolute atomic E-state index is 0. The molecule has 0 aliphatic carbocycles. The summed E-state index contributed by atoms with van der Waals surface area (Å²) in [7, 11) is 0. The van der Waals surface area contributed by atoms with Crippen molar-refractivity contribution in [3.8, 4) is 0 Å². The van der Waals surface area contributed by atoms with Gasteiger partial charge in [-0.25, -0.2) is 0 Å². The fraction of sp³-hybridized carbons (Fsp3) is 0. The standard InChI is InChI=1S/5FH.H3P.Zn/h5*1H;1H3;/q;;;;;;+2/p-2. The summed E-state index contributed by atoms with van der Waals surface area (Å²) in [6, 6.07) is 0. The topological polar surface area (TPSA) is 0 Å². The Bertz CT molecular complexity index is 8.04. The molecule has 0 rings (SSSR count). The van der Waals surface area contributed by atoms with Crippen molar-refractivity contribution >= 4 is 9.90 Å². The molecule has 0 N–H and O–H groups in total. The van der Waals surface area contributed by atoms with Gasteiger partial charge in [0.2, 0.25) is 0 Å². The SMILES string of the molecule is F.F.F.P.[F-].[F-].[Zn+2]. The minimum atomic E-state index is 0. The Morgan fingerprint density at radius 3 is 0.571 bits per heavy atom. The van der Waals surface area contributed by atoms with Crippen LogP contribution in [0.25, 0.3) is 0 Å². The Morgan fingerprint density at radius 2 is 0.571 bits per heavy atom. The summed E-state index contributed by atoms with van der Waals surface area (Å²) in [5, 5.41) is 0. The summed E-state index contributed by atoms with van der Waals surface area (Å²) >= 11 is 0. The van der Waals surface area contributed by atoms with E-state index in [1.165, 1.54) is 0 Å². The van der Waals surface area contributed by atoms with Gasteiger partial charge in [-0.15, -0.1) is 0 Å². The second kappa shape index (κ2) is 441. The molecule has 0 amide bonds. The third kappa shape index (κ3) is 300. The van der Waals surface area contributed by atoms with Gasteiger partial charge in [0.05, 0.1) is 0 Å². The van der Waals surface area contributed by atoms with Crippen LogP contribution >= 0.6 is 9.90 Å². The molecule has 0 aromatic rings. The first-order valence-corrected chi connectivity index (χ1v) is 0. The van der Waals surface area contributed by atoms with Crippen molar-refractivity contribution in [1.82, 2.24) is 0 Å². The molecule has 0 aromatic heterocycles. The second-order valence-electron chi connectivity index (χ2n) is 0. The van der Waals surface area contributed by atoms with Crippen molar-refractivity contribution in [3.63, 3.8) is 0 Å². The predicted octanol–water partition coefficient (Wildman–Crippen LogP) is -5.48. The second-order valence-corrected chi connectivity index (χ2v) is 0. The van der Waals surface area contributed by atoms with Gasteiger partial charge in [-0.05, 0) is 0 Å². The Morgan fingerprint density at radius 1 is 0.571 bits per heavy atom. The van der Waals surface area contributed by atoms with E-state index < -0.39 is 0 Å². The average Bonchev–Trinajstić information content (AvgIpc) is 0. The quantitative estimate of drug-likeness (QED) is 0.207. The first kappa shape index (κ1) is 700. The fourth-order valence-corrected chi connectivity index (χ4v) is 0. The molecular formula is H6F5PZn. The van der Waals surface area contributed by atoms with Crippen LogP contribution in [0, 0.1) is 0 Å². The molecule has 0 nitrogen and oxygen atoms in total. The zero-order valence-corrected chi connectivity index (χ0v) is 7.78. The maximum Gasteiger partial charge on any atom is 2.00 e. The Balaban J connectivity index is 0. The summed E-state index contributed by atoms with van der Waals surface area (Å²) < 4.78 is 0. The van der Waals surface area contributed by atoms with Gasteiger partial charge in [0.25, 0.3) is 0 Å². The molecule has 0 radical (unpaired) electrons. The maximum absolute atomic E-state index is 0. The van der Waals surface area contributed by atoms with Crippen molar-refractivity contribution < 1.29 is 43.0 Å². The Labute approximate surface area is 53.6 Å². The molecular weight excluding hydrogens is 191 g/mol. The Kier molecular flexibility index (Phi) is 44100. The zero-order chi connectivity index (χ0) is 0. The monoisotopic (exact) mass is 196 g/mol. The van der Waals surface area contributed by atoms with Crippen LogP contribution in [-0.2, 0) is 19.5 Å². The van der Waals surface area contributed by atoms with Crippen LogP contribution in [0.2, 0.25) is 0 Å². The van der Waals surface area contributed by atoms with Gasteiger partial charge in [0, 0.05) is 0 Å². The molecule has 0 aliphatic rings. The molecule has 1 atom stereocenters. The van der Waals surface area contributed by atoms with E-state index in [2.05, 4.69) is 0 Å². The van der Waals surface area contributed by atoms with Crippen molar-refractivity contribution in [1.29, 1.82) is 0 Å². The van der Waals surface area contributed by atoms with Gasteiger partial charge < -0.3 is 9.41 Å². The minimum Gasteiger partial charge on any atom is -1.00 e. The third-order valence-electron chi connectivity index (χ3n) is 0.